The second kappa shape index (κ2) is 10.1. The van der Waals surface area contributed by atoms with Crippen molar-refractivity contribution in [3.05, 3.63) is 40.2 Å². The lowest BCUT2D eigenvalue weighted by molar-refractivity contribution is 0.0691. The van der Waals surface area contributed by atoms with Gasteiger partial charge >= 0.3 is 0 Å². The first kappa shape index (κ1) is 21.9. The fourth-order valence-electron chi connectivity index (χ4n) is 3.11. The lowest BCUT2D eigenvalue weighted by Crippen LogP contribution is -2.42. The molecule has 0 aliphatic carbocycles. The van der Waals surface area contributed by atoms with Crippen LogP contribution in [0.4, 0.5) is 0 Å². The van der Waals surface area contributed by atoms with Crippen molar-refractivity contribution in [1.82, 2.24) is 15.2 Å². The largest absolute Gasteiger partial charge is 0.334 e. The highest BCUT2D eigenvalue weighted by Gasteiger charge is 2.27. The number of amides is 1. The monoisotopic (exact) mass is 401 g/mol. The SMILES string of the molecule is CCCN(C(=O)c1ccc(-c2ccsc2)nc1C)C1CCNC1.Cl.Cl. The van der Waals surface area contributed by atoms with Gasteiger partial charge in [0.05, 0.1) is 17.0 Å². The number of hydrogen-bond acceptors (Lipinski definition) is 4. The summed E-state index contributed by atoms with van der Waals surface area (Å²) in [6, 6.07) is 6.25. The van der Waals surface area contributed by atoms with Crippen molar-refractivity contribution >= 4 is 42.1 Å². The van der Waals surface area contributed by atoms with Gasteiger partial charge in [0.15, 0.2) is 0 Å². The van der Waals surface area contributed by atoms with Crippen molar-refractivity contribution in [3.8, 4) is 11.3 Å². The standard InChI is InChI=1S/C18H23N3OS.2ClH/c1-3-9-21(15-6-8-19-11-15)18(22)16-4-5-17(20-13(16)2)14-7-10-23-12-14;;/h4-5,7,10,12,15,19H,3,6,8-9,11H2,1-2H3;2*1H. The van der Waals surface area contributed by atoms with Gasteiger partial charge in [0.25, 0.3) is 5.91 Å². The molecule has 1 unspecified atom stereocenters. The van der Waals surface area contributed by atoms with Crippen LogP contribution in [0.15, 0.2) is 29.0 Å². The Hall–Kier alpha value is -1.14. The fraction of sp³-hybridized carbons (Fsp3) is 0.444. The van der Waals surface area contributed by atoms with E-state index in [1.54, 1.807) is 11.3 Å². The number of nitrogens with one attached hydrogen (secondary N) is 1. The Balaban J connectivity index is 0.00000156. The molecular formula is C18H25Cl2N3OS. The van der Waals surface area contributed by atoms with Crippen LogP contribution in [-0.4, -0.2) is 41.5 Å². The van der Waals surface area contributed by atoms with Gasteiger partial charge in [-0.2, -0.15) is 11.3 Å². The van der Waals surface area contributed by atoms with Crippen LogP contribution in [0, 0.1) is 6.92 Å². The third kappa shape index (κ3) is 4.94. The number of pyridine rings is 1. The van der Waals surface area contributed by atoms with Gasteiger partial charge in [-0.15, -0.1) is 24.8 Å². The van der Waals surface area contributed by atoms with E-state index in [4.69, 9.17) is 0 Å². The zero-order valence-corrected chi connectivity index (χ0v) is 17.0. The molecule has 1 atom stereocenters. The fourth-order valence-corrected chi connectivity index (χ4v) is 3.76. The Kier molecular flexibility index (Phi) is 8.86. The van der Waals surface area contributed by atoms with Gasteiger partial charge in [0.2, 0.25) is 0 Å². The van der Waals surface area contributed by atoms with Crippen molar-refractivity contribution in [2.75, 3.05) is 19.6 Å². The quantitative estimate of drug-likeness (QED) is 0.816. The molecule has 2 aromatic rings. The van der Waals surface area contributed by atoms with E-state index < -0.39 is 0 Å². The van der Waals surface area contributed by atoms with Crippen LogP contribution in [0.25, 0.3) is 11.3 Å². The highest BCUT2D eigenvalue weighted by atomic mass is 35.5. The second-order valence-electron chi connectivity index (χ2n) is 5.99. The zero-order chi connectivity index (χ0) is 16.2. The molecule has 0 bridgehead atoms. The molecule has 2 aromatic heterocycles. The molecule has 1 aliphatic heterocycles. The summed E-state index contributed by atoms with van der Waals surface area (Å²) in [6.07, 6.45) is 2.01. The van der Waals surface area contributed by atoms with Crippen LogP contribution in [-0.2, 0) is 0 Å². The van der Waals surface area contributed by atoms with E-state index in [-0.39, 0.29) is 30.7 Å². The normalized spacial score (nSPS) is 16.0. The summed E-state index contributed by atoms with van der Waals surface area (Å²) >= 11 is 1.66. The maximum Gasteiger partial charge on any atom is 0.255 e. The van der Waals surface area contributed by atoms with Gasteiger partial charge in [-0.3, -0.25) is 9.78 Å². The number of rotatable bonds is 5. The molecule has 1 saturated heterocycles. The summed E-state index contributed by atoms with van der Waals surface area (Å²) in [5.74, 6) is 0.113. The Morgan fingerprint density at radius 3 is 2.72 bits per heavy atom. The third-order valence-electron chi connectivity index (χ3n) is 4.33. The summed E-state index contributed by atoms with van der Waals surface area (Å²) in [5.41, 5.74) is 3.59. The second-order valence-corrected chi connectivity index (χ2v) is 6.77. The Morgan fingerprint density at radius 2 is 2.16 bits per heavy atom. The average Bonchev–Trinajstić information content (AvgIpc) is 3.25. The third-order valence-corrected chi connectivity index (χ3v) is 5.02. The molecule has 0 saturated carbocycles. The minimum atomic E-state index is 0. The first-order chi connectivity index (χ1) is 11.2. The molecule has 25 heavy (non-hydrogen) atoms. The number of aromatic nitrogens is 1. The molecule has 3 heterocycles. The Labute approximate surface area is 165 Å². The van der Waals surface area contributed by atoms with Gasteiger partial charge in [-0.05, 0) is 49.9 Å². The Morgan fingerprint density at radius 1 is 1.36 bits per heavy atom. The molecule has 138 valence electrons. The van der Waals surface area contributed by atoms with Crippen LogP contribution >= 0.6 is 36.2 Å². The molecule has 4 nitrogen and oxygen atoms in total. The van der Waals surface area contributed by atoms with Crippen LogP contribution in [0.1, 0.15) is 35.8 Å². The van der Waals surface area contributed by atoms with Crippen molar-refractivity contribution in [2.45, 2.75) is 32.7 Å². The van der Waals surface area contributed by atoms with Gasteiger partial charge < -0.3 is 10.2 Å². The van der Waals surface area contributed by atoms with E-state index in [1.807, 2.05) is 29.3 Å². The highest BCUT2D eigenvalue weighted by Crippen LogP contribution is 2.23. The number of thiophene rings is 1. The molecule has 0 aromatic carbocycles. The number of carbonyl (C=O) groups is 1. The molecule has 7 heteroatoms. The smallest absolute Gasteiger partial charge is 0.255 e. The Bertz CT molecular complexity index is 673. The number of aryl methyl sites for hydroxylation is 1. The molecule has 1 amide bonds. The predicted molar refractivity (Wildman–Crippen MR) is 109 cm³/mol. The first-order valence-corrected chi connectivity index (χ1v) is 9.17. The van der Waals surface area contributed by atoms with Gasteiger partial charge in [0, 0.05) is 30.1 Å². The summed E-state index contributed by atoms with van der Waals surface area (Å²) in [7, 11) is 0. The molecule has 1 fully saturated rings. The van der Waals surface area contributed by atoms with Crippen LogP contribution in [0.2, 0.25) is 0 Å². The lowest BCUT2D eigenvalue weighted by Gasteiger charge is -2.28. The summed E-state index contributed by atoms with van der Waals surface area (Å²) < 4.78 is 0. The number of nitrogens with zero attached hydrogens (tertiary/aromatic N) is 2. The summed E-state index contributed by atoms with van der Waals surface area (Å²) in [6.45, 7) is 6.74. The van der Waals surface area contributed by atoms with E-state index in [1.165, 1.54) is 0 Å². The first-order valence-electron chi connectivity index (χ1n) is 8.22. The van der Waals surface area contributed by atoms with Gasteiger partial charge in [-0.1, -0.05) is 6.92 Å². The van der Waals surface area contributed by atoms with E-state index in [9.17, 15) is 4.79 Å². The summed E-state index contributed by atoms with van der Waals surface area (Å²) in [5, 5.41) is 7.47. The van der Waals surface area contributed by atoms with Crippen molar-refractivity contribution < 1.29 is 4.79 Å². The van der Waals surface area contributed by atoms with Gasteiger partial charge in [0.1, 0.15) is 0 Å². The van der Waals surface area contributed by atoms with Crippen molar-refractivity contribution in [1.29, 1.82) is 0 Å². The van der Waals surface area contributed by atoms with E-state index in [0.717, 1.165) is 55.0 Å². The van der Waals surface area contributed by atoms with E-state index in [2.05, 4.69) is 28.7 Å². The number of hydrogen-bond donors (Lipinski definition) is 1. The topological polar surface area (TPSA) is 45.2 Å². The minimum Gasteiger partial charge on any atom is -0.334 e. The van der Waals surface area contributed by atoms with E-state index in [0.29, 0.717) is 6.04 Å². The van der Waals surface area contributed by atoms with Crippen LogP contribution in [0.5, 0.6) is 0 Å². The molecule has 1 aliphatic rings. The highest BCUT2D eigenvalue weighted by molar-refractivity contribution is 7.08. The predicted octanol–water partition coefficient (Wildman–Crippen LogP) is 4.18. The maximum atomic E-state index is 13.0. The number of carbonyl (C=O) groups excluding carboxylic acids is 1. The van der Waals surface area contributed by atoms with E-state index >= 15 is 0 Å². The zero-order valence-electron chi connectivity index (χ0n) is 14.5. The molecule has 0 spiro atoms. The molecular weight excluding hydrogens is 377 g/mol. The lowest BCUT2D eigenvalue weighted by atomic mass is 10.1. The van der Waals surface area contributed by atoms with Gasteiger partial charge in [-0.25, -0.2) is 0 Å². The minimum absolute atomic E-state index is 0. The van der Waals surface area contributed by atoms with Crippen molar-refractivity contribution in [2.24, 2.45) is 0 Å². The van der Waals surface area contributed by atoms with Crippen LogP contribution in [0.3, 0.4) is 0 Å². The van der Waals surface area contributed by atoms with Crippen molar-refractivity contribution in [3.63, 3.8) is 0 Å². The molecule has 0 radical (unpaired) electrons. The molecule has 3 rings (SSSR count). The number of halogens is 2. The van der Waals surface area contributed by atoms with Crippen LogP contribution < -0.4 is 5.32 Å². The summed E-state index contributed by atoms with van der Waals surface area (Å²) in [4.78, 5) is 19.7. The average molecular weight is 402 g/mol. The molecule has 1 N–H and O–H groups in total. The maximum absolute atomic E-state index is 13.0.